The van der Waals surface area contributed by atoms with Crippen LogP contribution in [0.4, 0.5) is 9.59 Å². The van der Waals surface area contributed by atoms with Gasteiger partial charge >= 0.3 is 12.3 Å². The normalized spacial score (nSPS) is 5.00. The van der Waals surface area contributed by atoms with Crippen LogP contribution < -0.4 is 0 Å². The highest BCUT2D eigenvalue weighted by atomic mass is 16.6. The van der Waals surface area contributed by atoms with Crippen molar-refractivity contribution in [1.29, 1.82) is 0 Å². The summed E-state index contributed by atoms with van der Waals surface area (Å²) in [6.07, 6.45) is -1.92. The molecule has 0 saturated carbocycles. The molecule has 0 aromatic carbocycles. The van der Waals surface area contributed by atoms with E-state index in [1.165, 1.54) is 0 Å². The van der Waals surface area contributed by atoms with Gasteiger partial charge in [-0.25, -0.2) is 9.59 Å². The van der Waals surface area contributed by atoms with Gasteiger partial charge in [-0.2, -0.15) is 0 Å². The van der Waals surface area contributed by atoms with Gasteiger partial charge in [0.2, 0.25) is 0 Å². The van der Waals surface area contributed by atoms with Crippen molar-refractivity contribution in [3.63, 3.8) is 0 Å². The predicted molar refractivity (Wildman–Crippen MR) is 48.4 cm³/mol. The Morgan fingerprint density at radius 1 is 1.00 bits per heavy atom. The van der Waals surface area contributed by atoms with Crippen LogP contribution >= 0.6 is 0 Å². The minimum atomic E-state index is -1.83. The highest BCUT2D eigenvalue weighted by Crippen LogP contribution is 1.43. The summed E-state index contributed by atoms with van der Waals surface area (Å²) in [6, 6.07) is 0. The Kier molecular flexibility index (Phi) is 55.9. The molecule has 13 heavy (non-hydrogen) atoms. The molecular formula is C7H14O6. The molecule has 0 aromatic heterocycles. The molecule has 0 radical (unpaired) electrons. The molecule has 0 heterocycles. The summed E-state index contributed by atoms with van der Waals surface area (Å²) < 4.78 is 0. The molecule has 0 rings (SSSR count). The third-order valence-electron chi connectivity index (χ3n) is 0. The molecule has 0 saturated heterocycles. The Hall–Kier alpha value is -1.98. The van der Waals surface area contributed by atoms with E-state index >= 15 is 0 Å². The van der Waals surface area contributed by atoms with Gasteiger partial charge in [-0.15, -0.1) is 19.7 Å². The molecule has 0 spiro atoms. The van der Waals surface area contributed by atoms with Crippen molar-refractivity contribution in [1.82, 2.24) is 0 Å². The lowest BCUT2D eigenvalue weighted by Gasteiger charge is -1.60. The predicted octanol–water partition coefficient (Wildman–Crippen LogP) is 2.44. The Balaban J connectivity index is -0.0000000431. The molecule has 0 aliphatic rings. The fourth-order valence-electron chi connectivity index (χ4n) is 0. The van der Waals surface area contributed by atoms with Gasteiger partial charge in [0.15, 0.2) is 0 Å². The van der Waals surface area contributed by atoms with Gasteiger partial charge in [-0.1, -0.05) is 6.08 Å². The van der Waals surface area contributed by atoms with Crippen LogP contribution in [0.2, 0.25) is 0 Å². The number of rotatable bonds is 0. The molecule has 0 aliphatic heterocycles. The van der Waals surface area contributed by atoms with E-state index in [-0.39, 0.29) is 0 Å². The van der Waals surface area contributed by atoms with Crippen molar-refractivity contribution >= 4 is 12.3 Å². The Morgan fingerprint density at radius 3 is 1.00 bits per heavy atom. The van der Waals surface area contributed by atoms with E-state index in [1.54, 1.807) is 6.08 Å². The second-order valence-corrected chi connectivity index (χ2v) is 0.973. The van der Waals surface area contributed by atoms with Crippen molar-refractivity contribution < 1.29 is 30.0 Å². The summed E-state index contributed by atoms with van der Waals surface area (Å²) >= 11 is 0. The number of carboxylic acid groups (broad SMARTS) is 4. The van der Waals surface area contributed by atoms with E-state index in [0.29, 0.717) is 0 Å². The van der Waals surface area contributed by atoms with E-state index in [4.69, 9.17) is 30.0 Å². The lowest BCUT2D eigenvalue weighted by molar-refractivity contribution is 0.135. The molecule has 0 aromatic rings. The quantitative estimate of drug-likeness (QED) is 0.440. The van der Waals surface area contributed by atoms with Crippen LogP contribution in [0.3, 0.4) is 0 Å². The minimum Gasteiger partial charge on any atom is -0.450 e. The summed E-state index contributed by atoms with van der Waals surface area (Å²) in [7, 11) is 0. The van der Waals surface area contributed by atoms with Gasteiger partial charge in [-0.3, -0.25) is 0 Å². The first-order chi connectivity index (χ1) is 5.88. The second-order valence-electron chi connectivity index (χ2n) is 0.973. The van der Waals surface area contributed by atoms with Crippen molar-refractivity contribution in [2.75, 3.05) is 0 Å². The van der Waals surface area contributed by atoms with E-state index in [9.17, 15) is 0 Å². The average Bonchev–Trinajstić information content (AvgIpc) is 1.89. The highest BCUT2D eigenvalue weighted by molar-refractivity contribution is 5.53. The van der Waals surface area contributed by atoms with Gasteiger partial charge in [0.05, 0.1) is 0 Å². The molecule has 0 atom stereocenters. The van der Waals surface area contributed by atoms with Crippen LogP contribution in [0.5, 0.6) is 0 Å². The van der Waals surface area contributed by atoms with Crippen LogP contribution in [0, 0.1) is 0 Å². The molecule has 0 unspecified atom stereocenters. The lowest BCUT2D eigenvalue weighted by Crippen LogP contribution is -1.81. The van der Waals surface area contributed by atoms with Crippen LogP contribution in [-0.2, 0) is 0 Å². The zero-order valence-corrected chi connectivity index (χ0v) is 7.30. The smallest absolute Gasteiger partial charge is 0.450 e. The first-order valence-corrected chi connectivity index (χ1v) is 2.79. The molecule has 0 aliphatic carbocycles. The number of hydrogen-bond donors (Lipinski definition) is 4. The lowest BCUT2D eigenvalue weighted by atomic mass is 10.8. The molecule has 6 heteroatoms. The Morgan fingerprint density at radius 2 is 1.00 bits per heavy atom. The standard InChI is InChI=1S/C3H6.C2H4.2CH2O3/c1-3-2;1-2;2*2-1(3)4/h3H,1H2,2H3;1-2H2;2*(H2,2,3,4). The molecule has 6 nitrogen and oxygen atoms in total. The second kappa shape index (κ2) is 32.3. The van der Waals surface area contributed by atoms with Crippen LogP contribution in [0.15, 0.2) is 25.8 Å². The number of carbonyl (C=O) groups is 2. The van der Waals surface area contributed by atoms with Gasteiger partial charge < -0.3 is 20.4 Å². The highest BCUT2D eigenvalue weighted by Gasteiger charge is 1.70. The third-order valence-corrected chi connectivity index (χ3v) is 0. The van der Waals surface area contributed by atoms with Gasteiger partial charge in [-0.05, 0) is 6.92 Å². The van der Waals surface area contributed by atoms with Gasteiger partial charge in [0.25, 0.3) is 0 Å². The topological polar surface area (TPSA) is 115 Å². The first kappa shape index (κ1) is 22.5. The van der Waals surface area contributed by atoms with Crippen molar-refractivity contribution in [2.24, 2.45) is 0 Å². The van der Waals surface area contributed by atoms with Crippen LogP contribution in [0.25, 0.3) is 0 Å². The fourth-order valence-corrected chi connectivity index (χ4v) is 0. The molecule has 0 bridgehead atoms. The number of hydrogen-bond acceptors (Lipinski definition) is 2. The summed E-state index contributed by atoms with van der Waals surface area (Å²) in [5.41, 5.74) is 0. The summed E-state index contributed by atoms with van der Waals surface area (Å²) in [5.74, 6) is 0. The molecule has 4 N–H and O–H groups in total. The Labute approximate surface area is 76.1 Å². The monoisotopic (exact) mass is 194 g/mol. The van der Waals surface area contributed by atoms with Crippen molar-refractivity contribution in [2.45, 2.75) is 6.92 Å². The van der Waals surface area contributed by atoms with E-state index < -0.39 is 12.3 Å². The van der Waals surface area contributed by atoms with Gasteiger partial charge in [0, 0.05) is 0 Å². The van der Waals surface area contributed by atoms with Crippen molar-refractivity contribution in [3.8, 4) is 0 Å². The molecule has 0 fully saturated rings. The van der Waals surface area contributed by atoms with Crippen LogP contribution in [0.1, 0.15) is 6.92 Å². The average molecular weight is 194 g/mol. The summed E-state index contributed by atoms with van der Waals surface area (Å²) in [4.78, 5) is 17.1. The van der Waals surface area contributed by atoms with E-state index in [2.05, 4.69) is 19.7 Å². The molecule has 0 amide bonds. The Bertz CT molecular complexity index is 111. The fraction of sp³-hybridized carbons (Fsp3) is 0.143. The third kappa shape index (κ3) is 164. The largest absolute Gasteiger partial charge is 0.503 e. The maximum Gasteiger partial charge on any atom is 0.503 e. The van der Waals surface area contributed by atoms with Gasteiger partial charge in [0.1, 0.15) is 0 Å². The minimum absolute atomic E-state index is 1.75. The molecular weight excluding hydrogens is 180 g/mol. The SMILES string of the molecule is C=C.C=CC.O=C(O)O.O=C(O)O. The molecule has 78 valence electrons. The van der Waals surface area contributed by atoms with E-state index in [1.807, 2.05) is 6.92 Å². The van der Waals surface area contributed by atoms with Crippen molar-refractivity contribution in [3.05, 3.63) is 25.8 Å². The maximum atomic E-state index is 8.56. The maximum absolute atomic E-state index is 8.56. The van der Waals surface area contributed by atoms with Crippen LogP contribution in [-0.4, -0.2) is 32.7 Å². The zero-order chi connectivity index (χ0) is 11.9. The summed E-state index contributed by atoms with van der Waals surface area (Å²) in [5, 5.41) is 27.9. The first-order valence-electron chi connectivity index (χ1n) is 2.79. The number of allylic oxidation sites excluding steroid dienone is 1. The van der Waals surface area contributed by atoms with E-state index in [0.717, 1.165) is 0 Å². The zero-order valence-electron chi connectivity index (χ0n) is 7.30. The summed E-state index contributed by atoms with van der Waals surface area (Å²) in [6.45, 7) is 11.2.